The first kappa shape index (κ1) is 18.3. The average Bonchev–Trinajstić information content (AvgIpc) is 3.44. The van der Waals surface area contributed by atoms with Gasteiger partial charge in [-0.3, -0.25) is 14.5 Å². The van der Waals surface area contributed by atoms with Crippen LogP contribution in [0.1, 0.15) is 25.3 Å². The van der Waals surface area contributed by atoms with Gasteiger partial charge in [-0.05, 0) is 38.3 Å². The number of nitrogens with one attached hydrogen (secondary N) is 1. The van der Waals surface area contributed by atoms with Crippen molar-refractivity contribution in [1.29, 1.82) is 0 Å². The number of carbonyl (C=O) groups is 2. The Morgan fingerprint density at radius 2 is 1.88 bits per heavy atom. The van der Waals surface area contributed by atoms with Gasteiger partial charge >= 0.3 is 0 Å². The number of hydrogen-bond donors (Lipinski definition) is 1. The van der Waals surface area contributed by atoms with Crippen molar-refractivity contribution >= 4 is 23.6 Å². The predicted molar refractivity (Wildman–Crippen MR) is 101 cm³/mol. The van der Waals surface area contributed by atoms with Crippen molar-refractivity contribution in [2.24, 2.45) is 0 Å². The fraction of sp³-hybridized carbons (Fsp3) is 0.579. The molecule has 3 rings (SSSR count). The molecule has 1 heterocycles. The Morgan fingerprint density at radius 1 is 1.20 bits per heavy atom. The minimum atomic E-state index is -0.112. The van der Waals surface area contributed by atoms with E-state index < -0.39 is 0 Å². The molecule has 1 unspecified atom stereocenters. The Kier molecular flexibility index (Phi) is 6.02. The highest BCUT2D eigenvalue weighted by Gasteiger charge is 2.30. The Morgan fingerprint density at radius 3 is 2.52 bits per heavy atom. The van der Waals surface area contributed by atoms with Crippen LogP contribution in [-0.4, -0.2) is 65.6 Å². The Balaban J connectivity index is 1.42. The zero-order valence-corrected chi connectivity index (χ0v) is 15.8. The van der Waals surface area contributed by atoms with Gasteiger partial charge in [0.1, 0.15) is 0 Å². The number of thioether (sulfide) groups is 1. The molecule has 0 bridgehead atoms. The molecule has 0 radical (unpaired) electrons. The zero-order valence-electron chi connectivity index (χ0n) is 15.0. The van der Waals surface area contributed by atoms with E-state index in [1.54, 1.807) is 11.8 Å². The molecule has 6 heteroatoms. The molecule has 1 atom stereocenters. The summed E-state index contributed by atoms with van der Waals surface area (Å²) >= 11 is 1.61. The van der Waals surface area contributed by atoms with Crippen molar-refractivity contribution in [2.75, 3.05) is 31.9 Å². The zero-order chi connectivity index (χ0) is 17.8. The first-order chi connectivity index (χ1) is 12.0. The van der Waals surface area contributed by atoms with Gasteiger partial charge in [0.15, 0.2) is 0 Å². The number of amides is 2. The molecule has 136 valence electrons. The van der Waals surface area contributed by atoms with Crippen LogP contribution >= 0.6 is 11.8 Å². The van der Waals surface area contributed by atoms with Gasteiger partial charge in [0, 0.05) is 37.1 Å². The van der Waals surface area contributed by atoms with Crippen LogP contribution in [0.4, 0.5) is 0 Å². The number of piperazine rings is 1. The van der Waals surface area contributed by atoms with Gasteiger partial charge in [0.2, 0.25) is 11.8 Å². The maximum absolute atomic E-state index is 12.5. The predicted octanol–water partition coefficient (Wildman–Crippen LogP) is 1.90. The second kappa shape index (κ2) is 8.23. The van der Waals surface area contributed by atoms with E-state index in [0.29, 0.717) is 24.9 Å². The van der Waals surface area contributed by atoms with Crippen LogP contribution < -0.4 is 5.32 Å². The van der Waals surface area contributed by atoms with E-state index >= 15 is 0 Å². The topological polar surface area (TPSA) is 52.7 Å². The lowest BCUT2D eigenvalue weighted by atomic mass is 10.2. The van der Waals surface area contributed by atoms with Gasteiger partial charge in [-0.2, -0.15) is 0 Å². The third-order valence-corrected chi connectivity index (χ3v) is 6.12. The van der Waals surface area contributed by atoms with Gasteiger partial charge < -0.3 is 10.2 Å². The largest absolute Gasteiger partial charge is 0.352 e. The number of rotatable bonds is 6. The second-order valence-electron chi connectivity index (χ2n) is 6.93. The molecule has 1 aliphatic heterocycles. The molecule has 2 aliphatic rings. The SMILES string of the molecule is Cc1ccccc1SCC(=O)N1CCN(C(C)C(=O)NC2CC2)CC1. The summed E-state index contributed by atoms with van der Waals surface area (Å²) in [5.74, 6) is 0.781. The van der Waals surface area contributed by atoms with Gasteiger partial charge in [-0.15, -0.1) is 11.8 Å². The molecule has 2 fully saturated rings. The smallest absolute Gasteiger partial charge is 0.237 e. The summed E-state index contributed by atoms with van der Waals surface area (Å²) in [7, 11) is 0. The number of hydrogen-bond acceptors (Lipinski definition) is 4. The van der Waals surface area contributed by atoms with E-state index in [0.717, 1.165) is 25.9 Å². The minimum Gasteiger partial charge on any atom is -0.352 e. The molecular weight excluding hydrogens is 334 g/mol. The van der Waals surface area contributed by atoms with Crippen LogP contribution in [-0.2, 0) is 9.59 Å². The third-order valence-electron chi connectivity index (χ3n) is 4.96. The summed E-state index contributed by atoms with van der Waals surface area (Å²) in [5.41, 5.74) is 1.21. The van der Waals surface area contributed by atoms with E-state index in [1.165, 1.54) is 10.5 Å². The molecule has 1 saturated heterocycles. The minimum absolute atomic E-state index is 0.112. The molecule has 1 aromatic carbocycles. The van der Waals surface area contributed by atoms with Crippen LogP contribution in [0.25, 0.3) is 0 Å². The van der Waals surface area contributed by atoms with Crippen molar-refractivity contribution in [3.63, 3.8) is 0 Å². The summed E-state index contributed by atoms with van der Waals surface area (Å²) in [4.78, 5) is 29.9. The van der Waals surface area contributed by atoms with E-state index in [-0.39, 0.29) is 17.9 Å². The Hall–Kier alpha value is -1.53. The summed E-state index contributed by atoms with van der Waals surface area (Å²) in [6, 6.07) is 8.44. The molecule has 0 spiro atoms. The number of benzene rings is 1. The molecule has 25 heavy (non-hydrogen) atoms. The van der Waals surface area contributed by atoms with Crippen LogP contribution in [0.15, 0.2) is 29.2 Å². The fourth-order valence-corrected chi connectivity index (χ4v) is 3.96. The lowest BCUT2D eigenvalue weighted by Gasteiger charge is -2.37. The quantitative estimate of drug-likeness (QED) is 0.787. The van der Waals surface area contributed by atoms with Crippen molar-refractivity contribution in [1.82, 2.24) is 15.1 Å². The van der Waals surface area contributed by atoms with Gasteiger partial charge in [-0.1, -0.05) is 18.2 Å². The highest BCUT2D eigenvalue weighted by atomic mass is 32.2. The molecule has 1 aromatic rings. The molecule has 1 saturated carbocycles. The van der Waals surface area contributed by atoms with Gasteiger partial charge in [0.05, 0.1) is 11.8 Å². The van der Waals surface area contributed by atoms with Gasteiger partial charge in [0.25, 0.3) is 0 Å². The van der Waals surface area contributed by atoms with E-state index in [4.69, 9.17) is 0 Å². The lowest BCUT2D eigenvalue weighted by Crippen LogP contribution is -2.55. The monoisotopic (exact) mass is 361 g/mol. The molecule has 2 amide bonds. The van der Waals surface area contributed by atoms with Crippen LogP contribution in [0.3, 0.4) is 0 Å². The highest BCUT2D eigenvalue weighted by molar-refractivity contribution is 8.00. The summed E-state index contributed by atoms with van der Waals surface area (Å²) in [6.45, 7) is 6.96. The first-order valence-corrected chi connectivity index (χ1v) is 10.0. The van der Waals surface area contributed by atoms with Crippen LogP contribution in [0.5, 0.6) is 0 Å². The van der Waals surface area contributed by atoms with Crippen molar-refractivity contribution < 1.29 is 9.59 Å². The fourth-order valence-electron chi connectivity index (χ4n) is 3.02. The summed E-state index contributed by atoms with van der Waals surface area (Å²) in [5, 5.41) is 3.06. The number of carbonyl (C=O) groups excluding carboxylic acids is 2. The maximum Gasteiger partial charge on any atom is 0.237 e. The third kappa shape index (κ3) is 4.98. The van der Waals surface area contributed by atoms with Gasteiger partial charge in [-0.25, -0.2) is 0 Å². The van der Waals surface area contributed by atoms with Crippen molar-refractivity contribution in [2.45, 2.75) is 43.7 Å². The Labute approximate surface area is 154 Å². The van der Waals surface area contributed by atoms with Crippen molar-refractivity contribution in [3.05, 3.63) is 29.8 Å². The average molecular weight is 362 g/mol. The van der Waals surface area contributed by atoms with Crippen LogP contribution in [0, 0.1) is 6.92 Å². The second-order valence-corrected chi connectivity index (χ2v) is 7.95. The molecule has 0 aromatic heterocycles. The summed E-state index contributed by atoms with van der Waals surface area (Å²) in [6.07, 6.45) is 2.22. The molecule has 1 aliphatic carbocycles. The lowest BCUT2D eigenvalue weighted by molar-refractivity contribution is -0.131. The maximum atomic E-state index is 12.5. The Bertz CT molecular complexity index is 625. The standard InChI is InChI=1S/C19H27N3O2S/c1-14-5-3-4-6-17(14)25-13-18(23)22-11-9-21(10-12-22)15(2)19(24)20-16-7-8-16/h3-6,15-16H,7-13H2,1-2H3,(H,20,24). The van der Waals surface area contributed by atoms with E-state index in [9.17, 15) is 9.59 Å². The van der Waals surface area contributed by atoms with E-state index in [1.807, 2.05) is 24.0 Å². The normalized spacial score (nSPS) is 19.5. The van der Waals surface area contributed by atoms with Crippen LogP contribution in [0.2, 0.25) is 0 Å². The molecule has 1 N–H and O–H groups in total. The summed E-state index contributed by atoms with van der Waals surface area (Å²) < 4.78 is 0. The highest BCUT2D eigenvalue weighted by Crippen LogP contribution is 2.22. The molecular formula is C19H27N3O2S. The number of aryl methyl sites for hydroxylation is 1. The van der Waals surface area contributed by atoms with E-state index in [2.05, 4.69) is 29.3 Å². The van der Waals surface area contributed by atoms with Crippen molar-refractivity contribution in [3.8, 4) is 0 Å². The first-order valence-electron chi connectivity index (χ1n) is 9.05. The number of nitrogens with zero attached hydrogens (tertiary/aromatic N) is 2. The molecule has 5 nitrogen and oxygen atoms in total.